The van der Waals surface area contributed by atoms with E-state index >= 15 is 0 Å². The molecule has 0 spiro atoms. The Hall–Kier alpha value is -4.09. The number of phenolic OH excluding ortho intramolecular Hbond substituents is 1. The predicted octanol–water partition coefficient (Wildman–Crippen LogP) is 5.97. The third-order valence-electron chi connectivity index (χ3n) is 5.65. The normalized spacial score (nSPS) is 11.4. The summed E-state index contributed by atoms with van der Waals surface area (Å²) in [5, 5.41) is 17.3. The van der Waals surface area contributed by atoms with Crippen molar-refractivity contribution in [2.45, 2.75) is 6.54 Å². The molecule has 1 heterocycles. The quantitative estimate of drug-likeness (QED) is 0.254. The zero-order valence-electron chi connectivity index (χ0n) is 17.6. The lowest BCUT2D eigenvalue weighted by atomic mass is 10.0. The van der Waals surface area contributed by atoms with Crippen LogP contribution in [-0.2, 0) is 6.54 Å². The van der Waals surface area contributed by atoms with Crippen molar-refractivity contribution in [3.8, 4) is 5.75 Å². The first-order valence-electron chi connectivity index (χ1n) is 10.5. The molecule has 5 aromatic rings. The van der Waals surface area contributed by atoms with Crippen LogP contribution in [0.4, 0.5) is 0 Å². The number of hydrazone groups is 1. The summed E-state index contributed by atoms with van der Waals surface area (Å²) in [4.78, 5) is 12.3. The average molecular weight is 454 g/mol. The monoisotopic (exact) mass is 453 g/mol. The van der Waals surface area contributed by atoms with Crippen LogP contribution in [0.1, 0.15) is 21.5 Å². The number of fused-ring (bicyclic) bond motifs is 2. The number of nitrogens with one attached hydrogen (secondary N) is 1. The van der Waals surface area contributed by atoms with Crippen molar-refractivity contribution in [2.75, 3.05) is 0 Å². The van der Waals surface area contributed by atoms with Gasteiger partial charge in [0, 0.05) is 34.8 Å². The molecule has 5 rings (SSSR count). The van der Waals surface area contributed by atoms with Crippen LogP contribution in [0.5, 0.6) is 5.75 Å². The molecule has 162 valence electrons. The van der Waals surface area contributed by atoms with Gasteiger partial charge in [-0.15, -0.1) is 0 Å². The van der Waals surface area contributed by atoms with Crippen LogP contribution in [0, 0.1) is 0 Å². The highest BCUT2D eigenvalue weighted by Gasteiger charge is 2.09. The lowest BCUT2D eigenvalue weighted by Gasteiger charge is -2.09. The van der Waals surface area contributed by atoms with Crippen LogP contribution in [0.3, 0.4) is 0 Å². The standard InChI is InChI=1S/C27H20ClN3O2/c28-24-15-19(11-12-26(24)32)27(33)30-29-16-20-7-4-10-25-23(20)13-14-31(25)17-21-8-3-6-18-5-1-2-9-22(18)21/h1-16,32H,17H2,(H,30,33)/b29-16+. The topological polar surface area (TPSA) is 66.6 Å². The van der Waals surface area contributed by atoms with E-state index in [1.54, 1.807) is 6.21 Å². The Labute approximate surface area is 195 Å². The van der Waals surface area contributed by atoms with Crippen LogP contribution < -0.4 is 5.43 Å². The van der Waals surface area contributed by atoms with Crippen LogP contribution >= 0.6 is 11.6 Å². The molecule has 0 saturated heterocycles. The smallest absolute Gasteiger partial charge is 0.271 e. The number of hydrogen-bond acceptors (Lipinski definition) is 3. The molecule has 0 aliphatic rings. The Balaban J connectivity index is 1.38. The second kappa shape index (κ2) is 8.81. The maximum atomic E-state index is 12.3. The zero-order valence-corrected chi connectivity index (χ0v) is 18.3. The SMILES string of the molecule is O=C(N/N=C/c1cccc2c1ccn2Cc1cccc2ccccc12)c1ccc(O)c(Cl)c1. The minimum Gasteiger partial charge on any atom is -0.506 e. The van der Waals surface area contributed by atoms with E-state index in [9.17, 15) is 9.90 Å². The van der Waals surface area contributed by atoms with E-state index in [4.69, 9.17) is 11.6 Å². The second-order valence-corrected chi connectivity index (χ2v) is 8.13. The van der Waals surface area contributed by atoms with Crippen molar-refractivity contribution >= 4 is 45.4 Å². The highest BCUT2D eigenvalue weighted by molar-refractivity contribution is 6.32. The first-order chi connectivity index (χ1) is 16.1. The summed E-state index contributed by atoms with van der Waals surface area (Å²) in [6.07, 6.45) is 3.70. The van der Waals surface area contributed by atoms with Gasteiger partial charge in [-0.2, -0.15) is 5.10 Å². The molecule has 6 heteroatoms. The van der Waals surface area contributed by atoms with E-state index in [-0.39, 0.29) is 10.8 Å². The van der Waals surface area contributed by atoms with Gasteiger partial charge in [-0.3, -0.25) is 4.79 Å². The molecule has 0 saturated carbocycles. The molecule has 0 aliphatic heterocycles. The van der Waals surface area contributed by atoms with Crippen LogP contribution in [0.15, 0.2) is 96.2 Å². The molecular formula is C27H20ClN3O2. The predicted molar refractivity (Wildman–Crippen MR) is 133 cm³/mol. The first kappa shape index (κ1) is 20.8. The van der Waals surface area contributed by atoms with Gasteiger partial charge in [-0.05, 0) is 46.7 Å². The fourth-order valence-electron chi connectivity index (χ4n) is 3.98. The second-order valence-electron chi connectivity index (χ2n) is 7.73. The number of nitrogens with zero attached hydrogens (tertiary/aromatic N) is 2. The summed E-state index contributed by atoms with van der Waals surface area (Å²) in [5.41, 5.74) is 6.06. The Morgan fingerprint density at radius 2 is 1.79 bits per heavy atom. The molecule has 5 nitrogen and oxygen atoms in total. The van der Waals surface area contributed by atoms with Crippen LogP contribution in [0.2, 0.25) is 5.02 Å². The van der Waals surface area contributed by atoms with Gasteiger partial charge in [0.25, 0.3) is 5.91 Å². The molecule has 0 aliphatic carbocycles. The minimum atomic E-state index is -0.408. The van der Waals surface area contributed by atoms with Gasteiger partial charge in [0.15, 0.2) is 0 Å². The van der Waals surface area contributed by atoms with Crippen molar-refractivity contribution in [1.82, 2.24) is 9.99 Å². The number of rotatable bonds is 5. The Morgan fingerprint density at radius 1 is 0.970 bits per heavy atom. The Morgan fingerprint density at radius 3 is 2.67 bits per heavy atom. The Kier molecular flexibility index (Phi) is 5.55. The summed E-state index contributed by atoms with van der Waals surface area (Å²) >= 11 is 5.87. The molecule has 0 atom stereocenters. The number of aromatic hydroxyl groups is 1. The number of benzene rings is 4. The summed E-state index contributed by atoms with van der Waals surface area (Å²) in [7, 11) is 0. The number of halogens is 1. The zero-order chi connectivity index (χ0) is 22.8. The lowest BCUT2D eigenvalue weighted by Crippen LogP contribution is -2.17. The third-order valence-corrected chi connectivity index (χ3v) is 5.95. The largest absolute Gasteiger partial charge is 0.506 e. The van der Waals surface area contributed by atoms with E-state index in [0.29, 0.717) is 5.56 Å². The highest BCUT2D eigenvalue weighted by Crippen LogP contribution is 2.25. The average Bonchev–Trinajstić information content (AvgIpc) is 3.24. The molecule has 1 amide bonds. The summed E-state index contributed by atoms with van der Waals surface area (Å²) in [5.74, 6) is -0.481. The van der Waals surface area contributed by atoms with Gasteiger partial charge < -0.3 is 9.67 Å². The highest BCUT2D eigenvalue weighted by atomic mass is 35.5. The van der Waals surface area contributed by atoms with Gasteiger partial charge in [0.05, 0.1) is 11.2 Å². The van der Waals surface area contributed by atoms with E-state index in [2.05, 4.69) is 75.9 Å². The van der Waals surface area contributed by atoms with E-state index in [1.807, 2.05) is 12.1 Å². The van der Waals surface area contributed by atoms with Crippen molar-refractivity contribution < 1.29 is 9.90 Å². The summed E-state index contributed by atoms with van der Waals surface area (Å²) in [6, 6.07) is 27.1. The van der Waals surface area contributed by atoms with Gasteiger partial charge >= 0.3 is 0 Å². The molecular weight excluding hydrogens is 434 g/mol. The van der Waals surface area contributed by atoms with E-state index < -0.39 is 5.91 Å². The molecule has 4 aromatic carbocycles. The molecule has 0 radical (unpaired) electrons. The molecule has 0 fully saturated rings. The van der Waals surface area contributed by atoms with Gasteiger partial charge in [0.1, 0.15) is 5.75 Å². The van der Waals surface area contributed by atoms with Crippen LogP contribution in [-0.4, -0.2) is 21.8 Å². The van der Waals surface area contributed by atoms with Gasteiger partial charge in [0.2, 0.25) is 0 Å². The molecule has 1 aromatic heterocycles. The lowest BCUT2D eigenvalue weighted by molar-refractivity contribution is 0.0955. The third kappa shape index (κ3) is 4.19. The molecule has 0 bridgehead atoms. The fraction of sp³-hybridized carbons (Fsp3) is 0.0370. The number of aromatic nitrogens is 1. The maximum absolute atomic E-state index is 12.3. The summed E-state index contributed by atoms with van der Waals surface area (Å²) in [6.45, 7) is 0.754. The van der Waals surface area contributed by atoms with Crippen molar-refractivity contribution in [2.24, 2.45) is 5.10 Å². The number of hydrogen-bond donors (Lipinski definition) is 2. The Bertz CT molecular complexity index is 1520. The van der Waals surface area contributed by atoms with Crippen LogP contribution in [0.25, 0.3) is 21.7 Å². The van der Waals surface area contributed by atoms with Gasteiger partial charge in [-0.25, -0.2) is 5.43 Å². The molecule has 2 N–H and O–H groups in total. The van der Waals surface area contributed by atoms with E-state index in [0.717, 1.165) is 23.0 Å². The number of carbonyl (C=O) groups excluding carboxylic acids is 1. The maximum Gasteiger partial charge on any atom is 0.271 e. The minimum absolute atomic E-state index is 0.0728. The van der Waals surface area contributed by atoms with Gasteiger partial charge in [-0.1, -0.05) is 66.2 Å². The van der Waals surface area contributed by atoms with Crippen molar-refractivity contribution in [3.63, 3.8) is 0 Å². The molecule has 0 unspecified atom stereocenters. The first-order valence-corrected chi connectivity index (χ1v) is 10.8. The number of carbonyl (C=O) groups is 1. The van der Waals surface area contributed by atoms with Crippen molar-refractivity contribution in [1.29, 1.82) is 0 Å². The molecule has 33 heavy (non-hydrogen) atoms. The van der Waals surface area contributed by atoms with Crippen molar-refractivity contribution in [3.05, 3.63) is 113 Å². The summed E-state index contributed by atoms with van der Waals surface area (Å²) < 4.78 is 2.21. The fourth-order valence-corrected chi connectivity index (χ4v) is 4.17. The van der Waals surface area contributed by atoms with E-state index in [1.165, 1.54) is 34.5 Å². The number of amides is 1. The number of phenols is 1.